The molecule has 1 saturated heterocycles. The summed E-state index contributed by atoms with van der Waals surface area (Å²) in [5.74, 6) is 2.30. The van der Waals surface area contributed by atoms with E-state index < -0.39 is 10.0 Å². The molecule has 0 unspecified atom stereocenters. The second-order valence-electron chi connectivity index (χ2n) is 9.54. The highest BCUT2D eigenvalue weighted by atomic mass is 32.2. The Morgan fingerprint density at radius 1 is 0.921 bits per heavy atom. The number of methoxy groups -OCH3 is 1. The smallest absolute Gasteiger partial charge is 0.243 e. The van der Waals surface area contributed by atoms with Crippen molar-refractivity contribution in [1.82, 2.24) is 19.2 Å². The first-order valence-electron chi connectivity index (χ1n) is 12.8. The lowest BCUT2D eigenvalue weighted by Gasteiger charge is -2.36. The Morgan fingerprint density at radius 3 is 2.34 bits per heavy atom. The van der Waals surface area contributed by atoms with Gasteiger partial charge in [0.2, 0.25) is 10.0 Å². The number of fused-ring (bicyclic) bond motifs is 1. The zero-order chi connectivity index (χ0) is 26.7. The number of aromatic nitrogens is 2. The number of benzene rings is 3. The molecule has 1 aromatic heterocycles. The highest BCUT2D eigenvalue weighted by Crippen LogP contribution is 2.28. The summed E-state index contributed by atoms with van der Waals surface area (Å²) in [6.45, 7) is 6.65. The highest BCUT2D eigenvalue weighted by molar-refractivity contribution is 7.89. The number of ether oxygens (including phenoxy) is 1. The second-order valence-corrected chi connectivity index (χ2v) is 11.5. The summed E-state index contributed by atoms with van der Waals surface area (Å²) in [5, 5.41) is 4.44. The number of sulfonamides is 1. The number of para-hydroxylation sites is 2. The average Bonchev–Trinajstić information content (AvgIpc) is 2.95. The highest BCUT2D eigenvalue weighted by Gasteiger charge is 2.31. The second kappa shape index (κ2) is 11.1. The van der Waals surface area contributed by atoms with Crippen molar-refractivity contribution in [3.63, 3.8) is 0 Å². The van der Waals surface area contributed by atoms with Crippen molar-refractivity contribution in [2.45, 2.75) is 31.3 Å². The lowest BCUT2D eigenvalue weighted by molar-refractivity contribution is 0.141. The molecule has 0 spiro atoms. The van der Waals surface area contributed by atoms with Gasteiger partial charge >= 0.3 is 0 Å². The number of piperazine rings is 1. The van der Waals surface area contributed by atoms with Gasteiger partial charge in [-0.2, -0.15) is 4.31 Å². The van der Waals surface area contributed by atoms with Gasteiger partial charge in [-0.15, -0.1) is 0 Å². The molecule has 9 heteroatoms. The number of hydrogen-bond donors (Lipinski definition) is 1. The summed E-state index contributed by atoms with van der Waals surface area (Å²) in [5.41, 5.74) is 2.94. The fourth-order valence-corrected chi connectivity index (χ4v) is 6.22. The standard InChI is InChI=1S/C29H33N5O3S/c1-21-12-14-24(15-13-21)38(35,36)34-18-16-33(17-19-34)22(2)28-31-26-10-6-5-9-25(26)29(32-28)30-20-23-8-4-7-11-27(23)37-3/h4-15,22H,16-20H2,1-3H3,(H,30,31,32)/t22-/m0/s1. The van der Waals surface area contributed by atoms with E-state index in [1.807, 2.05) is 67.6 Å². The van der Waals surface area contributed by atoms with Crippen molar-refractivity contribution < 1.29 is 13.2 Å². The first-order chi connectivity index (χ1) is 18.4. The van der Waals surface area contributed by atoms with E-state index in [2.05, 4.69) is 17.1 Å². The predicted molar refractivity (Wildman–Crippen MR) is 150 cm³/mol. The van der Waals surface area contributed by atoms with Gasteiger partial charge in [-0.05, 0) is 44.2 Å². The van der Waals surface area contributed by atoms with E-state index in [1.54, 1.807) is 23.5 Å². The van der Waals surface area contributed by atoms with Gasteiger partial charge in [0.15, 0.2) is 0 Å². The van der Waals surface area contributed by atoms with Gasteiger partial charge in [0.25, 0.3) is 0 Å². The van der Waals surface area contributed by atoms with Gasteiger partial charge in [-0.25, -0.2) is 18.4 Å². The van der Waals surface area contributed by atoms with E-state index in [0.717, 1.165) is 33.6 Å². The molecule has 0 amide bonds. The van der Waals surface area contributed by atoms with E-state index >= 15 is 0 Å². The molecule has 3 aromatic carbocycles. The summed E-state index contributed by atoms with van der Waals surface area (Å²) in [6.07, 6.45) is 0. The molecule has 4 aromatic rings. The normalized spacial score (nSPS) is 15.9. The topological polar surface area (TPSA) is 87.7 Å². The van der Waals surface area contributed by atoms with Crippen LogP contribution < -0.4 is 10.1 Å². The van der Waals surface area contributed by atoms with E-state index in [0.29, 0.717) is 43.4 Å². The van der Waals surface area contributed by atoms with Gasteiger partial charge in [-0.3, -0.25) is 4.90 Å². The third-order valence-electron chi connectivity index (χ3n) is 7.11. The van der Waals surface area contributed by atoms with Crippen LogP contribution in [0.15, 0.2) is 77.7 Å². The molecular formula is C29H33N5O3S. The largest absolute Gasteiger partial charge is 0.496 e. The maximum atomic E-state index is 13.1. The number of nitrogens with one attached hydrogen (secondary N) is 1. The van der Waals surface area contributed by atoms with E-state index in [-0.39, 0.29) is 6.04 Å². The molecular weight excluding hydrogens is 498 g/mol. The Balaban J connectivity index is 1.33. The van der Waals surface area contributed by atoms with Gasteiger partial charge in [-0.1, -0.05) is 48.0 Å². The predicted octanol–water partition coefficient (Wildman–Crippen LogP) is 4.63. The molecule has 198 valence electrons. The van der Waals surface area contributed by atoms with Crippen LogP contribution in [0, 0.1) is 6.92 Å². The number of rotatable bonds is 8. The molecule has 0 radical (unpaired) electrons. The Bertz CT molecular complexity index is 1520. The van der Waals surface area contributed by atoms with Gasteiger partial charge in [0.1, 0.15) is 17.4 Å². The van der Waals surface area contributed by atoms with Crippen LogP contribution in [0.2, 0.25) is 0 Å². The average molecular weight is 532 g/mol. The molecule has 1 aliphatic heterocycles. The summed E-state index contributed by atoms with van der Waals surface area (Å²) in [4.78, 5) is 12.4. The number of aryl methyl sites for hydroxylation is 1. The molecule has 1 atom stereocenters. The molecule has 0 aliphatic carbocycles. The summed E-state index contributed by atoms with van der Waals surface area (Å²) in [6, 6.07) is 22.8. The quantitative estimate of drug-likeness (QED) is 0.355. The Labute approximate surface area is 224 Å². The minimum Gasteiger partial charge on any atom is -0.496 e. The minimum atomic E-state index is -3.51. The van der Waals surface area contributed by atoms with Crippen LogP contribution in [-0.2, 0) is 16.6 Å². The zero-order valence-electron chi connectivity index (χ0n) is 22.0. The van der Waals surface area contributed by atoms with Crippen molar-refractivity contribution in [3.05, 3.63) is 89.7 Å². The van der Waals surface area contributed by atoms with Crippen LogP contribution in [0.25, 0.3) is 10.9 Å². The molecule has 2 heterocycles. The van der Waals surface area contributed by atoms with Gasteiger partial charge in [0.05, 0.1) is 23.6 Å². The van der Waals surface area contributed by atoms with Crippen LogP contribution in [0.3, 0.4) is 0 Å². The molecule has 1 aliphatic rings. The molecule has 5 rings (SSSR count). The third kappa shape index (κ3) is 5.36. The van der Waals surface area contributed by atoms with Gasteiger partial charge in [0, 0.05) is 43.7 Å². The van der Waals surface area contributed by atoms with Crippen molar-refractivity contribution in [2.24, 2.45) is 0 Å². The van der Waals surface area contributed by atoms with E-state index in [9.17, 15) is 8.42 Å². The molecule has 0 saturated carbocycles. The molecule has 8 nitrogen and oxygen atoms in total. The van der Waals surface area contributed by atoms with E-state index in [4.69, 9.17) is 14.7 Å². The maximum Gasteiger partial charge on any atom is 0.243 e. The fraction of sp³-hybridized carbons (Fsp3) is 0.310. The van der Waals surface area contributed by atoms with Crippen LogP contribution in [0.4, 0.5) is 5.82 Å². The van der Waals surface area contributed by atoms with Crippen molar-refractivity contribution in [2.75, 3.05) is 38.6 Å². The first kappa shape index (κ1) is 26.1. The van der Waals surface area contributed by atoms with Crippen LogP contribution in [0.5, 0.6) is 5.75 Å². The van der Waals surface area contributed by atoms with E-state index in [1.165, 1.54) is 0 Å². The van der Waals surface area contributed by atoms with Crippen molar-refractivity contribution in [1.29, 1.82) is 0 Å². The minimum absolute atomic E-state index is 0.0735. The fourth-order valence-electron chi connectivity index (χ4n) is 4.80. The summed E-state index contributed by atoms with van der Waals surface area (Å²) in [7, 11) is -1.84. The zero-order valence-corrected chi connectivity index (χ0v) is 22.8. The SMILES string of the molecule is COc1ccccc1CNc1nc([C@H](C)N2CCN(S(=O)(=O)c3ccc(C)cc3)CC2)nc2ccccc12. The Hall–Kier alpha value is -3.53. The monoisotopic (exact) mass is 531 g/mol. The van der Waals surface area contributed by atoms with Crippen LogP contribution in [-0.4, -0.2) is 60.9 Å². The number of hydrogen-bond acceptors (Lipinski definition) is 7. The Morgan fingerprint density at radius 2 is 1.61 bits per heavy atom. The maximum absolute atomic E-state index is 13.1. The molecule has 1 N–H and O–H groups in total. The van der Waals surface area contributed by atoms with Crippen molar-refractivity contribution >= 4 is 26.7 Å². The van der Waals surface area contributed by atoms with Gasteiger partial charge < -0.3 is 10.1 Å². The van der Waals surface area contributed by atoms with Crippen LogP contribution >= 0.6 is 0 Å². The summed E-state index contributed by atoms with van der Waals surface area (Å²) < 4.78 is 33.3. The molecule has 1 fully saturated rings. The number of anilines is 1. The third-order valence-corrected chi connectivity index (χ3v) is 9.03. The molecule has 38 heavy (non-hydrogen) atoms. The lowest BCUT2D eigenvalue weighted by atomic mass is 10.1. The lowest BCUT2D eigenvalue weighted by Crippen LogP contribution is -2.49. The molecule has 0 bridgehead atoms. The summed E-state index contributed by atoms with van der Waals surface area (Å²) >= 11 is 0. The Kier molecular flexibility index (Phi) is 7.60. The van der Waals surface area contributed by atoms with Crippen LogP contribution in [0.1, 0.15) is 29.9 Å². The number of nitrogens with zero attached hydrogens (tertiary/aromatic N) is 4. The van der Waals surface area contributed by atoms with Crippen molar-refractivity contribution in [3.8, 4) is 5.75 Å². The first-order valence-corrected chi connectivity index (χ1v) is 14.2.